The van der Waals surface area contributed by atoms with Crippen molar-refractivity contribution in [3.63, 3.8) is 0 Å². The Morgan fingerprint density at radius 3 is 2.79 bits per heavy atom. The highest BCUT2D eigenvalue weighted by Crippen LogP contribution is 2.30. The average Bonchev–Trinajstić information content (AvgIpc) is 2.92. The molecule has 1 heterocycles. The summed E-state index contributed by atoms with van der Waals surface area (Å²) in [6.45, 7) is 1.77. The fourth-order valence-electron chi connectivity index (χ4n) is 3.96. The molecule has 1 amide bonds. The van der Waals surface area contributed by atoms with E-state index in [2.05, 4.69) is 23.5 Å². The predicted octanol–water partition coefficient (Wildman–Crippen LogP) is 3.39. The molecule has 1 atom stereocenters. The first-order chi connectivity index (χ1) is 11.6. The lowest BCUT2D eigenvalue weighted by molar-refractivity contribution is 0.0913. The Hall–Kier alpha value is -2.36. The molecule has 0 bridgehead atoms. The summed E-state index contributed by atoms with van der Waals surface area (Å²) in [6, 6.07) is 8.49. The normalized spacial score (nSPS) is 19.5. The van der Waals surface area contributed by atoms with Crippen molar-refractivity contribution in [2.45, 2.75) is 51.5 Å². The molecule has 0 fully saturated rings. The highest BCUT2D eigenvalue weighted by atomic mass is 16.3. The maximum Gasteiger partial charge on any atom is 0.255 e. The maximum absolute atomic E-state index is 12.8. The number of carbonyl (C=O) groups is 2. The van der Waals surface area contributed by atoms with Gasteiger partial charge in [-0.05, 0) is 43.7 Å². The van der Waals surface area contributed by atoms with Gasteiger partial charge in [-0.15, -0.1) is 0 Å². The molecule has 0 aliphatic heterocycles. The molecule has 2 aliphatic rings. The second-order valence-corrected chi connectivity index (χ2v) is 6.79. The Balaban J connectivity index is 1.56. The van der Waals surface area contributed by atoms with Gasteiger partial charge >= 0.3 is 0 Å². The Kier molecular flexibility index (Phi) is 3.75. The first-order valence-corrected chi connectivity index (χ1v) is 8.66. The number of amides is 1. The first kappa shape index (κ1) is 15.2. The lowest BCUT2D eigenvalue weighted by Crippen LogP contribution is -2.39. The number of furan rings is 1. The number of ketones is 1. The van der Waals surface area contributed by atoms with Crippen molar-refractivity contribution in [2.75, 3.05) is 0 Å². The number of fused-ring (bicyclic) bond motifs is 2. The topological polar surface area (TPSA) is 59.3 Å². The van der Waals surface area contributed by atoms with Gasteiger partial charge in [0.15, 0.2) is 5.78 Å². The standard InChI is InChI=1S/C20H21NO3/c1-12-18(19-16(22)7-4-8-17(19)24-12)20(23)21-15-10-9-13-5-2-3-6-14(13)11-15/h2-3,5-6,15H,4,7-11H2,1H3,(H,21,23)/t15-/m0/s1. The Bertz CT molecular complexity index is 818. The third-order valence-corrected chi connectivity index (χ3v) is 5.15. The first-order valence-electron chi connectivity index (χ1n) is 8.66. The van der Waals surface area contributed by atoms with Crippen LogP contribution in [0, 0.1) is 6.92 Å². The second-order valence-electron chi connectivity index (χ2n) is 6.79. The lowest BCUT2D eigenvalue weighted by Gasteiger charge is -2.25. The molecule has 4 heteroatoms. The van der Waals surface area contributed by atoms with Crippen LogP contribution in [0.15, 0.2) is 28.7 Å². The quantitative estimate of drug-likeness (QED) is 0.921. The van der Waals surface area contributed by atoms with Crippen LogP contribution in [0.3, 0.4) is 0 Å². The van der Waals surface area contributed by atoms with Crippen molar-refractivity contribution < 1.29 is 14.0 Å². The smallest absolute Gasteiger partial charge is 0.255 e. The van der Waals surface area contributed by atoms with Crippen LogP contribution < -0.4 is 5.32 Å². The number of hydrogen-bond acceptors (Lipinski definition) is 3. The summed E-state index contributed by atoms with van der Waals surface area (Å²) in [5.74, 6) is 1.11. The zero-order chi connectivity index (χ0) is 16.7. The molecule has 124 valence electrons. The number of aryl methyl sites for hydroxylation is 3. The monoisotopic (exact) mass is 323 g/mol. The van der Waals surface area contributed by atoms with Crippen molar-refractivity contribution >= 4 is 11.7 Å². The minimum absolute atomic E-state index is 0.0345. The van der Waals surface area contributed by atoms with Crippen molar-refractivity contribution in [1.82, 2.24) is 5.32 Å². The molecule has 4 rings (SSSR count). The number of carbonyl (C=O) groups excluding carboxylic acids is 2. The van der Waals surface area contributed by atoms with Crippen LogP contribution >= 0.6 is 0 Å². The summed E-state index contributed by atoms with van der Waals surface area (Å²) in [6.07, 6.45) is 4.79. The van der Waals surface area contributed by atoms with Gasteiger partial charge in [-0.3, -0.25) is 9.59 Å². The molecule has 1 N–H and O–H groups in total. The van der Waals surface area contributed by atoms with Crippen LogP contribution in [0.1, 0.15) is 62.6 Å². The van der Waals surface area contributed by atoms with Gasteiger partial charge in [0, 0.05) is 18.9 Å². The Labute approximate surface area is 141 Å². The summed E-state index contributed by atoms with van der Waals surface area (Å²) in [7, 11) is 0. The SMILES string of the molecule is Cc1oc2c(c1C(=O)N[C@H]1CCc3ccccc3C1)C(=O)CCC2. The molecular weight excluding hydrogens is 302 g/mol. The van der Waals surface area contributed by atoms with E-state index < -0.39 is 0 Å². The Morgan fingerprint density at radius 1 is 1.17 bits per heavy atom. The average molecular weight is 323 g/mol. The van der Waals surface area contributed by atoms with Crippen molar-refractivity contribution in [1.29, 1.82) is 0 Å². The van der Waals surface area contributed by atoms with E-state index in [9.17, 15) is 9.59 Å². The summed E-state index contributed by atoms with van der Waals surface area (Å²) >= 11 is 0. The van der Waals surface area contributed by atoms with E-state index in [1.807, 2.05) is 6.07 Å². The summed E-state index contributed by atoms with van der Waals surface area (Å²) in [4.78, 5) is 25.0. The number of hydrogen-bond donors (Lipinski definition) is 1. The fourth-order valence-corrected chi connectivity index (χ4v) is 3.96. The highest BCUT2D eigenvalue weighted by Gasteiger charge is 2.31. The molecule has 2 aromatic rings. The molecule has 0 unspecified atom stereocenters. The molecule has 0 spiro atoms. The van der Waals surface area contributed by atoms with Gasteiger partial charge in [-0.25, -0.2) is 0 Å². The minimum Gasteiger partial charge on any atom is -0.465 e. The van der Waals surface area contributed by atoms with E-state index >= 15 is 0 Å². The number of Topliss-reactive ketones (excluding diaryl/α,β-unsaturated/α-hetero) is 1. The molecule has 4 nitrogen and oxygen atoms in total. The summed E-state index contributed by atoms with van der Waals surface area (Å²) < 4.78 is 5.69. The van der Waals surface area contributed by atoms with E-state index in [0.29, 0.717) is 29.1 Å². The molecule has 0 saturated carbocycles. The van der Waals surface area contributed by atoms with Gasteiger partial charge in [-0.2, -0.15) is 0 Å². The van der Waals surface area contributed by atoms with Crippen LogP contribution in [-0.2, 0) is 19.3 Å². The molecule has 0 saturated heterocycles. The summed E-state index contributed by atoms with van der Waals surface area (Å²) in [5, 5.41) is 3.12. The zero-order valence-electron chi connectivity index (χ0n) is 13.9. The van der Waals surface area contributed by atoms with E-state index in [1.165, 1.54) is 11.1 Å². The largest absolute Gasteiger partial charge is 0.465 e. The molecule has 0 radical (unpaired) electrons. The minimum atomic E-state index is -0.169. The molecule has 1 aromatic carbocycles. The van der Waals surface area contributed by atoms with Gasteiger partial charge in [0.1, 0.15) is 11.5 Å². The third-order valence-electron chi connectivity index (χ3n) is 5.15. The van der Waals surface area contributed by atoms with Gasteiger partial charge in [0.25, 0.3) is 5.91 Å². The van der Waals surface area contributed by atoms with Crippen LogP contribution in [0.5, 0.6) is 0 Å². The fraction of sp³-hybridized carbons (Fsp3) is 0.400. The van der Waals surface area contributed by atoms with E-state index in [-0.39, 0.29) is 17.7 Å². The van der Waals surface area contributed by atoms with Gasteiger partial charge in [0.05, 0.1) is 11.1 Å². The van der Waals surface area contributed by atoms with Crippen molar-refractivity contribution in [2.24, 2.45) is 0 Å². The zero-order valence-corrected chi connectivity index (χ0v) is 13.9. The van der Waals surface area contributed by atoms with E-state index in [0.717, 1.165) is 32.1 Å². The van der Waals surface area contributed by atoms with E-state index in [4.69, 9.17) is 4.42 Å². The van der Waals surface area contributed by atoms with Crippen LogP contribution in [0.25, 0.3) is 0 Å². The molecule has 24 heavy (non-hydrogen) atoms. The van der Waals surface area contributed by atoms with Crippen LogP contribution in [-0.4, -0.2) is 17.7 Å². The highest BCUT2D eigenvalue weighted by molar-refractivity contribution is 6.10. The molecule has 2 aliphatic carbocycles. The summed E-state index contributed by atoms with van der Waals surface area (Å²) in [5.41, 5.74) is 3.65. The van der Waals surface area contributed by atoms with Gasteiger partial charge in [-0.1, -0.05) is 24.3 Å². The second kappa shape index (κ2) is 5.93. The predicted molar refractivity (Wildman–Crippen MR) is 90.4 cm³/mol. The van der Waals surface area contributed by atoms with Crippen LogP contribution in [0.2, 0.25) is 0 Å². The lowest BCUT2D eigenvalue weighted by atomic mass is 9.88. The van der Waals surface area contributed by atoms with Gasteiger partial charge in [0.2, 0.25) is 0 Å². The van der Waals surface area contributed by atoms with Crippen LogP contribution in [0.4, 0.5) is 0 Å². The van der Waals surface area contributed by atoms with Gasteiger partial charge < -0.3 is 9.73 Å². The number of nitrogens with one attached hydrogen (secondary N) is 1. The molecular formula is C20H21NO3. The van der Waals surface area contributed by atoms with Crippen molar-refractivity contribution in [3.05, 3.63) is 58.0 Å². The maximum atomic E-state index is 12.8. The van der Waals surface area contributed by atoms with Crippen molar-refractivity contribution in [3.8, 4) is 0 Å². The van der Waals surface area contributed by atoms with E-state index in [1.54, 1.807) is 6.92 Å². The third kappa shape index (κ3) is 2.56. The Morgan fingerprint density at radius 2 is 1.96 bits per heavy atom. The number of benzene rings is 1. The molecule has 1 aromatic heterocycles. The number of rotatable bonds is 2.